The van der Waals surface area contributed by atoms with E-state index < -0.39 is 28.3 Å². The Morgan fingerprint density at radius 1 is 1.22 bits per heavy atom. The minimum absolute atomic E-state index is 0.0209. The molecule has 11 nitrogen and oxygen atoms in total. The molecule has 0 saturated heterocycles. The SMILES string of the molecule is COc1ccccc1N(CCO)S(=O)(=O)c1ccc(Cl)c(-n2c(=O)[nH]c3c(C)cc(C(=O)O)nc32)c1. The molecule has 0 aliphatic carbocycles. The molecule has 0 fully saturated rings. The molecule has 0 aliphatic rings. The second kappa shape index (κ2) is 9.64. The summed E-state index contributed by atoms with van der Waals surface area (Å²) in [6.45, 7) is 0.871. The monoisotopic (exact) mass is 532 g/mol. The first-order valence-electron chi connectivity index (χ1n) is 10.5. The molecule has 36 heavy (non-hydrogen) atoms. The van der Waals surface area contributed by atoms with E-state index in [0.29, 0.717) is 5.56 Å². The number of carboxylic acid groups (broad SMARTS) is 1. The Morgan fingerprint density at radius 2 is 1.94 bits per heavy atom. The fourth-order valence-electron chi connectivity index (χ4n) is 3.81. The Bertz CT molecular complexity index is 1650. The molecule has 0 spiro atoms. The van der Waals surface area contributed by atoms with E-state index in [1.165, 1.54) is 37.4 Å². The first-order valence-corrected chi connectivity index (χ1v) is 12.3. The van der Waals surface area contributed by atoms with Crippen LogP contribution in [-0.2, 0) is 10.0 Å². The Balaban J connectivity index is 1.94. The van der Waals surface area contributed by atoms with E-state index in [9.17, 15) is 28.2 Å². The summed E-state index contributed by atoms with van der Waals surface area (Å²) in [6.07, 6.45) is 0. The van der Waals surface area contributed by atoms with Gasteiger partial charge in [-0.15, -0.1) is 0 Å². The fraction of sp³-hybridized carbons (Fsp3) is 0.174. The molecular weight excluding hydrogens is 512 g/mol. The molecular formula is C23H21ClN4O7S. The third-order valence-electron chi connectivity index (χ3n) is 5.47. The van der Waals surface area contributed by atoms with Crippen LogP contribution < -0.4 is 14.7 Å². The average Bonchev–Trinajstić information content (AvgIpc) is 3.18. The van der Waals surface area contributed by atoms with Gasteiger partial charge in [-0.2, -0.15) is 0 Å². The smallest absolute Gasteiger partial charge is 0.354 e. The number of imidazole rings is 1. The minimum Gasteiger partial charge on any atom is -0.495 e. The standard InChI is InChI=1S/C23H21ClN4O7S/c1-13-11-16(22(30)31)25-21-20(13)26-23(32)28(21)18-12-14(7-8-15(18)24)36(33,34)27(9-10-29)17-5-3-4-6-19(17)35-2/h3-8,11-12,29H,9-10H2,1-2H3,(H,26,32)(H,30,31). The Morgan fingerprint density at radius 3 is 2.61 bits per heavy atom. The zero-order chi connectivity index (χ0) is 26.2. The molecule has 2 aromatic heterocycles. The van der Waals surface area contributed by atoms with Gasteiger partial charge in [0, 0.05) is 0 Å². The van der Waals surface area contributed by atoms with Crippen molar-refractivity contribution in [3.05, 3.63) is 75.3 Å². The molecule has 0 aliphatic heterocycles. The highest BCUT2D eigenvalue weighted by molar-refractivity contribution is 7.92. The van der Waals surface area contributed by atoms with E-state index in [4.69, 9.17) is 16.3 Å². The maximum Gasteiger partial charge on any atom is 0.354 e. The van der Waals surface area contributed by atoms with Crippen LogP contribution in [0.15, 0.2) is 58.2 Å². The molecule has 188 valence electrons. The van der Waals surface area contributed by atoms with Crippen molar-refractivity contribution in [1.29, 1.82) is 0 Å². The van der Waals surface area contributed by atoms with Gasteiger partial charge in [0.25, 0.3) is 10.0 Å². The normalized spacial score (nSPS) is 11.6. The molecule has 0 saturated carbocycles. The van der Waals surface area contributed by atoms with Gasteiger partial charge in [-0.25, -0.2) is 27.6 Å². The van der Waals surface area contributed by atoms with Crippen molar-refractivity contribution >= 4 is 44.4 Å². The number of aliphatic hydroxyl groups is 1. The first kappa shape index (κ1) is 25.2. The molecule has 2 aromatic carbocycles. The van der Waals surface area contributed by atoms with Gasteiger partial charge in [0.1, 0.15) is 5.75 Å². The van der Waals surface area contributed by atoms with Crippen LogP contribution in [0.2, 0.25) is 5.02 Å². The molecule has 0 atom stereocenters. The summed E-state index contributed by atoms with van der Waals surface area (Å²) in [6, 6.07) is 11.5. The van der Waals surface area contributed by atoms with Crippen LogP contribution in [0.3, 0.4) is 0 Å². The van der Waals surface area contributed by atoms with Gasteiger partial charge in [0.2, 0.25) is 0 Å². The number of aromatic nitrogens is 3. The zero-order valence-corrected chi connectivity index (χ0v) is 20.7. The highest BCUT2D eigenvalue weighted by Crippen LogP contribution is 2.34. The van der Waals surface area contributed by atoms with Crippen molar-refractivity contribution in [3.63, 3.8) is 0 Å². The maximum atomic E-state index is 13.7. The van der Waals surface area contributed by atoms with E-state index in [0.717, 1.165) is 8.87 Å². The number of benzene rings is 2. The maximum absolute atomic E-state index is 13.7. The van der Waals surface area contributed by atoms with Gasteiger partial charge < -0.3 is 19.9 Å². The van der Waals surface area contributed by atoms with E-state index in [1.54, 1.807) is 25.1 Å². The molecule has 2 heterocycles. The number of ether oxygens (including phenoxy) is 1. The van der Waals surface area contributed by atoms with Crippen LogP contribution in [0.4, 0.5) is 5.69 Å². The molecule has 0 amide bonds. The summed E-state index contributed by atoms with van der Waals surface area (Å²) < 4.78 is 34.7. The molecule has 0 unspecified atom stereocenters. The number of hydrogen-bond acceptors (Lipinski definition) is 7. The topological polar surface area (TPSA) is 155 Å². The minimum atomic E-state index is -4.28. The van der Waals surface area contributed by atoms with Crippen LogP contribution in [-0.4, -0.2) is 59.4 Å². The number of para-hydroxylation sites is 2. The number of H-pyrrole nitrogens is 1. The average molecular weight is 533 g/mol. The van der Waals surface area contributed by atoms with Crippen molar-refractivity contribution in [2.45, 2.75) is 11.8 Å². The second-order valence-electron chi connectivity index (χ2n) is 7.68. The summed E-state index contributed by atoms with van der Waals surface area (Å²) in [5, 5.41) is 19.0. The largest absolute Gasteiger partial charge is 0.495 e. The van der Waals surface area contributed by atoms with Crippen molar-refractivity contribution in [1.82, 2.24) is 14.5 Å². The van der Waals surface area contributed by atoms with E-state index in [1.807, 2.05) is 0 Å². The molecule has 13 heteroatoms. The number of aromatic amines is 1. The van der Waals surface area contributed by atoms with E-state index >= 15 is 0 Å². The van der Waals surface area contributed by atoms with Crippen molar-refractivity contribution < 1.29 is 28.2 Å². The number of rotatable bonds is 8. The van der Waals surface area contributed by atoms with E-state index in [2.05, 4.69) is 9.97 Å². The number of pyridine rings is 1. The molecule has 4 rings (SSSR count). The molecule has 4 aromatic rings. The number of fused-ring (bicyclic) bond motifs is 1. The Kier molecular flexibility index (Phi) is 6.76. The Hall–Kier alpha value is -3.87. The van der Waals surface area contributed by atoms with Crippen LogP contribution in [0.25, 0.3) is 16.9 Å². The lowest BCUT2D eigenvalue weighted by atomic mass is 10.2. The number of aliphatic hydroxyl groups excluding tert-OH is 1. The number of nitrogens with one attached hydrogen (secondary N) is 1. The fourth-order valence-corrected chi connectivity index (χ4v) is 5.50. The lowest BCUT2D eigenvalue weighted by Crippen LogP contribution is -2.34. The van der Waals surface area contributed by atoms with Gasteiger partial charge in [-0.3, -0.25) is 4.31 Å². The zero-order valence-electron chi connectivity index (χ0n) is 19.1. The number of hydrogen-bond donors (Lipinski definition) is 3. The molecule has 0 bridgehead atoms. The quantitative estimate of drug-likeness (QED) is 0.313. The van der Waals surface area contributed by atoms with Gasteiger partial charge in [0.15, 0.2) is 11.3 Å². The summed E-state index contributed by atoms with van der Waals surface area (Å²) in [4.78, 5) is 30.9. The van der Waals surface area contributed by atoms with Crippen molar-refractivity contribution in [2.75, 3.05) is 24.6 Å². The molecule has 0 radical (unpaired) electrons. The summed E-state index contributed by atoms with van der Waals surface area (Å²) in [5.41, 5.74) is -0.0745. The number of aryl methyl sites for hydroxylation is 1. The van der Waals surface area contributed by atoms with E-state index in [-0.39, 0.29) is 50.4 Å². The first-order chi connectivity index (χ1) is 17.1. The van der Waals surface area contributed by atoms with Gasteiger partial charge >= 0.3 is 11.7 Å². The van der Waals surface area contributed by atoms with Gasteiger partial charge in [-0.05, 0) is 48.9 Å². The second-order valence-corrected chi connectivity index (χ2v) is 9.95. The third-order valence-corrected chi connectivity index (χ3v) is 7.60. The predicted octanol–water partition coefficient (Wildman–Crippen LogP) is 2.57. The summed E-state index contributed by atoms with van der Waals surface area (Å²) in [7, 11) is -2.88. The lowest BCUT2D eigenvalue weighted by Gasteiger charge is -2.25. The van der Waals surface area contributed by atoms with Crippen LogP contribution >= 0.6 is 11.6 Å². The molecule has 3 N–H and O–H groups in total. The highest BCUT2D eigenvalue weighted by Gasteiger charge is 2.28. The van der Waals surface area contributed by atoms with Crippen LogP contribution in [0, 0.1) is 6.92 Å². The summed E-state index contributed by atoms with van der Waals surface area (Å²) in [5.74, 6) is -1.02. The number of aromatic carboxylic acids is 1. The predicted molar refractivity (Wildman–Crippen MR) is 133 cm³/mol. The number of halogens is 1. The number of methoxy groups -OCH3 is 1. The lowest BCUT2D eigenvalue weighted by molar-refractivity contribution is 0.0690. The number of nitrogens with zero attached hydrogens (tertiary/aromatic N) is 3. The van der Waals surface area contributed by atoms with Crippen molar-refractivity contribution in [2.24, 2.45) is 0 Å². The Labute approximate surface area is 210 Å². The van der Waals surface area contributed by atoms with Crippen molar-refractivity contribution in [3.8, 4) is 11.4 Å². The highest BCUT2D eigenvalue weighted by atomic mass is 35.5. The number of sulfonamides is 1. The summed E-state index contributed by atoms with van der Waals surface area (Å²) >= 11 is 6.37. The number of carboxylic acids is 1. The third kappa shape index (κ3) is 4.30. The van der Waals surface area contributed by atoms with Gasteiger partial charge in [-0.1, -0.05) is 23.7 Å². The number of anilines is 1. The number of carbonyl (C=O) groups is 1. The van der Waals surface area contributed by atoms with Crippen LogP contribution in [0.5, 0.6) is 5.75 Å². The van der Waals surface area contributed by atoms with Crippen LogP contribution in [0.1, 0.15) is 16.1 Å². The van der Waals surface area contributed by atoms with Gasteiger partial charge in [0.05, 0.1) is 47.1 Å².